The van der Waals surface area contributed by atoms with Crippen molar-refractivity contribution < 1.29 is 4.79 Å². The van der Waals surface area contributed by atoms with E-state index < -0.39 is 0 Å². The van der Waals surface area contributed by atoms with E-state index in [4.69, 9.17) is 0 Å². The molecule has 0 aliphatic rings. The van der Waals surface area contributed by atoms with Crippen LogP contribution in [0.5, 0.6) is 0 Å². The molecule has 0 aliphatic heterocycles. The zero-order valence-corrected chi connectivity index (χ0v) is 16.7. The third-order valence-corrected chi connectivity index (χ3v) is 6.07. The van der Waals surface area contributed by atoms with Crippen LogP contribution in [0, 0.1) is 0 Å². The van der Waals surface area contributed by atoms with Gasteiger partial charge in [0, 0.05) is 5.69 Å². The van der Waals surface area contributed by atoms with Gasteiger partial charge in [-0.1, -0.05) is 49.9 Å². The Morgan fingerprint density at radius 3 is 2.81 bits per heavy atom. The van der Waals surface area contributed by atoms with Gasteiger partial charge in [0.15, 0.2) is 5.82 Å². The molecule has 2 N–H and O–H groups in total. The lowest BCUT2D eigenvalue weighted by Crippen LogP contribution is -2.23. The number of carbonyl (C=O) groups is 1. The number of thioether (sulfide) groups is 1. The number of amides is 1. The summed E-state index contributed by atoms with van der Waals surface area (Å²) in [5.41, 5.74) is 2.05. The number of rotatable bonds is 7. The Morgan fingerprint density at radius 1 is 1.27 bits per heavy atom. The third-order valence-electron chi connectivity index (χ3n) is 4.23. The molecule has 0 saturated heterocycles. The number of nitrogens with zero attached hydrogens (tertiary/aromatic N) is 2. The summed E-state index contributed by atoms with van der Waals surface area (Å²) in [5, 5.41) is 12.5. The summed E-state index contributed by atoms with van der Waals surface area (Å²) in [5.74, 6) is 1.08. The first-order valence-corrected chi connectivity index (χ1v) is 10.4. The fourth-order valence-electron chi connectivity index (χ4n) is 2.53. The molecule has 3 rings (SSSR count). The van der Waals surface area contributed by atoms with E-state index in [0.29, 0.717) is 11.1 Å². The maximum atomic E-state index is 12.6. The number of aromatic amines is 1. The van der Waals surface area contributed by atoms with Gasteiger partial charge in [-0.2, -0.15) is 0 Å². The van der Waals surface area contributed by atoms with Crippen molar-refractivity contribution in [2.45, 2.75) is 43.5 Å². The van der Waals surface area contributed by atoms with Crippen LogP contribution < -0.4 is 5.32 Å². The van der Waals surface area contributed by atoms with Gasteiger partial charge >= 0.3 is 0 Å². The number of H-pyrrole nitrogens is 1. The lowest BCUT2D eigenvalue weighted by atomic mass is 9.97. The van der Waals surface area contributed by atoms with E-state index in [1.807, 2.05) is 42.6 Å². The summed E-state index contributed by atoms with van der Waals surface area (Å²) in [6.45, 7) is 6.19. The highest BCUT2D eigenvalue weighted by atomic mass is 32.2. The monoisotopic (exact) mass is 386 g/mol. The van der Waals surface area contributed by atoms with Crippen molar-refractivity contribution in [3.8, 4) is 10.7 Å². The van der Waals surface area contributed by atoms with Crippen molar-refractivity contribution in [3.63, 3.8) is 0 Å². The van der Waals surface area contributed by atoms with E-state index in [-0.39, 0.29) is 11.2 Å². The fourth-order valence-corrected chi connectivity index (χ4v) is 3.92. The number of aromatic nitrogens is 3. The Hall–Kier alpha value is -2.12. The molecular formula is C19H22N4OS2. The highest BCUT2D eigenvalue weighted by molar-refractivity contribution is 8.00. The summed E-state index contributed by atoms with van der Waals surface area (Å²) in [4.78, 5) is 18.1. The van der Waals surface area contributed by atoms with Crippen LogP contribution in [0.2, 0.25) is 0 Å². The van der Waals surface area contributed by atoms with E-state index in [1.54, 1.807) is 11.3 Å². The molecule has 0 radical (unpaired) electrons. The smallest absolute Gasteiger partial charge is 0.237 e. The molecule has 0 aliphatic carbocycles. The average molecular weight is 387 g/mol. The number of anilines is 1. The van der Waals surface area contributed by atoms with Crippen LogP contribution in [-0.4, -0.2) is 26.3 Å². The predicted octanol–water partition coefficient (Wildman–Crippen LogP) is 5.17. The molecule has 2 heterocycles. The number of nitrogens with one attached hydrogen (secondary N) is 2. The third kappa shape index (κ3) is 4.34. The van der Waals surface area contributed by atoms with Crippen molar-refractivity contribution >= 4 is 34.7 Å². The Kier molecular flexibility index (Phi) is 6.11. The lowest BCUT2D eigenvalue weighted by Gasteiger charge is -2.17. The van der Waals surface area contributed by atoms with E-state index in [2.05, 4.69) is 40.4 Å². The molecule has 0 fully saturated rings. The van der Waals surface area contributed by atoms with Crippen LogP contribution >= 0.6 is 23.1 Å². The first-order chi connectivity index (χ1) is 12.6. The Bertz CT molecular complexity index is 860. The zero-order chi connectivity index (χ0) is 18.5. The molecule has 2 aromatic heterocycles. The van der Waals surface area contributed by atoms with Gasteiger partial charge in [0.25, 0.3) is 0 Å². The number of hydrogen-bond acceptors (Lipinski definition) is 5. The number of thiophene rings is 1. The molecule has 7 heteroatoms. The van der Waals surface area contributed by atoms with E-state index >= 15 is 0 Å². The predicted molar refractivity (Wildman–Crippen MR) is 109 cm³/mol. The average Bonchev–Trinajstić information content (AvgIpc) is 3.33. The molecule has 0 bridgehead atoms. The summed E-state index contributed by atoms with van der Waals surface area (Å²) in [6.07, 6.45) is 1.03. The minimum absolute atomic E-state index is 0.0479. The maximum absolute atomic E-state index is 12.6. The largest absolute Gasteiger partial charge is 0.325 e. The highest BCUT2D eigenvalue weighted by Gasteiger charge is 2.19. The second kappa shape index (κ2) is 8.51. The molecular weight excluding hydrogens is 364 g/mol. The van der Waals surface area contributed by atoms with Gasteiger partial charge in [0.1, 0.15) is 0 Å². The number of benzene rings is 1. The summed E-state index contributed by atoms with van der Waals surface area (Å²) in [6, 6.07) is 11.9. The van der Waals surface area contributed by atoms with Gasteiger partial charge < -0.3 is 5.32 Å². The SMILES string of the molecule is CC[C@H](C)c1ccccc1NC(=O)[C@H](C)Sc1n[nH]c(-c2cccs2)n1. The van der Waals surface area contributed by atoms with Gasteiger partial charge in [-0.05, 0) is 42.3 Å². The molecule has 0 spiro atoms. The van der Waals surface area contributed by atoms with Crippen LogP contribution in [0.3, 0.4) is 0 Å². The number of para-hydroxylation sites is 1. The second-order valence-electron chi connectivity index (χ2n) is 6.09. The van der Waals surface area contributed by atoms with Gasteiger partial charge in [0.05, 0.1) is 10.1 Å². The topological polar surface area (TPSA) is 70.7 Å². The van der Waals surface area contributed by atoms with Gasteiger partial charge in [-0.3, -0.25) is 9.89 Å². The standard InChI is InChI=1S/C19H22N4OS2/c1-4-12(2)14-8-5-6-9-15(14)20-18(24)13(3)26-19-21-17(22-23-19)16-10-7-11-25-16/h5-13H,4H2,1-3H3,(H,20,24)(H,21,22,23)/t12-,13-/m0/s1. The van der Waals surface area contributed by atoms with Crippen LogP contribution in [0.4, 0.5) is 5.69 Å². The van der Waals surface area contributed by atoms with Gasteiger partial charge in [-0.15, -0.1) is 16.4 Å². The van der Waals surface area contributed by atoms with Crippen molar-refractivity contribution in [1.82, 2.24) is 15.2 Å². The fraction of sp³-hybridized carbons (Fsp3) is 0.316. The van der Waals surface area contributed by atoms with E-state index in [9.17, 15) is 4.79 Å². The molecule has 2 atom stereocenters. The molecule has 1 amide bonds. The summed E-state index contributed by atoms with van der Waals surface area (Å²) < 4.78 is 0. The minimum atomic E-state index is -0.299. The van der Waals surface area contributed by atoms with Crippen LogP contribution in [0.1, 0.15) is 38.7 Å². The number of hydrogen-bond donors (Lipinski definition) is 2. The van der Waals surface area contributed by atoms with Crippen molar-refractivity contribution in [2.24, 2.45) is 0 Å². The molecule has 136 valence electrons. The van der Waals surface area contributed by atoms with Gasteiger partial charge in [-0.25, -0.2) is 4.98 Å². The second-order valence-corrected chi connectivity index (χ2v) is 8.35. The molecule has 26 heavy (non-hydrogen) atoms. The molecule has 0 saturated carbocycles. The quantitative estimate of drug-likeness (QED) is 0.550. The highest BCUT2D eigenvalue weighted by Crippen LogP contribution is 2.29. The van der Waals surface area contributed by atoms with E-state index in [1.165, 1.54) is 17.3 Å². The molecule has 3 aromatic rings. The maximum Gasteiger partial charge on any atom is 0.237 e. The first-order valence-electron chi connectivity index (χ1n) is 8.61. The Labute approximate surface area is 161 Å². The molecule has 5 nitrogen and oxygen atoms in total. The van der Waals surface area contributed by atoms with Crippen molar-refractivity contribution in [2.75, 3.05) is 5.32 Å². The van der Waals surface area contributed by atoms with Crippen molar-refractivity contribution in [3.05, 3.63) is 47.3 Å². The molecule has 1 aromatic carbocycles. The number of carbonyl (C=O) groups excluding carboxylic acids is 1. The van der Waals surface area contributed by atoms with Crippen molar-refractivity contribution in [1.29, 1.82) is 0 Å². The van der Waals surface area contributed by atoms with Crippen LogP contribution in [-0.2, 0) is 4.79 Å². The summed E-state index contributed by atoms with van der Waals surface area (Å²) in [7, 11) is 0. The Balaban J connectivity index is 1.66. The molecule has 0 unspecified atom stereocenters. The van der Waals surface area contributed by atoms with E-state index in [0.717, 1.165) is 22.8 Å². The normalized spacial score (nSPS) is 13.3. The van der Waals surface area contributed by atoms with Gasteiger partial charge in [0.2, 0.25) is 11.1 Å². The summed E-state index contributed by atoms with van der Waals surface area (Å²) >= 11 is 2.95. The Morgan fingerprint density at radius 2 is 2.08 bits per heavy atom. The lowest BCUT2D eigenvalue weighted by molar-refractivity contribution is -0.115. The van der Waals surface area contributed by atoms with Crippen LogP contribution in [0.25, 0.3) is 10.7 Å². The van der Waals surface area contributed by atoms with Crippen LogP contribution in [0.15, 0.2) is 46.9 Å². The zero-order valence-electron chi connectivity index (χ0n) is 15.0. The minimum Gasteiger partial charge on any atom is -0.325 e. The first kappa shape index (κ1) is 18.7.